The molecule has 2 aromatic carbocycles. The molecule has 150 valence electrons. The van der Waals surface area contributed by atoms with E-state index in [1.165, 1.54) is 31.3 Å². The van der Waals surface area contributed by atoms with Crippen LogP contribution in [-0.2, 0) is 16.0 Å². The highest BCUT2D eigenvalue weighted by molar-refractivity contribution is 5.93. The van der Waals surface area contributed by atoms with Gasteiger partial charge in [-0.25, -0.2) is 18.2 Å². The van der Waals surface area contributed by atoms with Crippen LogP contribution in [0.2, 0.25) is 0 Å². The lowest BCUT2D eigenvalue weighted by Gasteiger charge is -2.08. The Labute approximate surface area is 163 Å². The predicted octanol–water partition coefficient (Wildman–Crippen LogP) is 4.29. The number of aryl methyl sites for hydroxylation is 1. The molecule has 29 heavy (non-hydrogen) atoms. The fraction of sp³-hybridized carbons (Fsp3) is 0.150. The van der Waals surface area contributed by atoms with Crippen molar-refractivity contribution in [2.45, 2.75) is 19.8 Å². The number of halogens is 3. The van der Waals surface area contributed by atoms with Crippen LogP contribution in [0.5, 0.6) is 0 Å². The molecule has 3 rings (SSSR count). The fourth-order valence-electron chi connectivity index (χ4n) is 2.57. The van der Waals surface area contributed by atoms with Gasteiger partial charge in [0, 0.05) is 31.5 Å². The SMILES string of the molecule is CC(=O)Nc1cc(NC(=O)CCc2ncc(-c3ccc(F)cc3F)o2)ccc1F. The van der Waals surface area contributed by atoms with Crippen molar-refractivity contribution >= 4 is 23.2 Å². The number of nitrogens with one attached hydrogen (secondary N) is 2. The lowest BCUT2D eigenvalue weighted by atomic mass is 10.2. The van der Waals surface area contributed by atoms with Crippen LogP contribution in [0.3, 0.4) is 0 Å². The first-order chi connectivity index (χ1) is 13.8. The Bertz CT molecular complexity index is 1070. The molecule has 6 nitrogen and oxygen atoms in total. The van der Waals surface area contributed by atoms with Gasteiger partial charge in [0.05, 0.1) is 17.4 Å². The van der Waals surface area contributed by atoms with Gasteiger partial charge >= 0.3 is 0 Å². The number of hydrogen-bond acceptors (Lipinski definition) is 4. The van der Waals surface area contributed by atoms with Crippen molar-refractivity contribution in [3.8, 4) is 11.3 Å². The maximum absolute atomic E-state index is 13.8. The number of hydrogen-bond donors (Lipinski definition) is 2. The smallest absolute Gasteiger partial charge is 0.224 e. The van der Waals surface area contributed by atoms with Gasteiger partial charge in [0.1, 0.15) is 17.5 Å². The van der Waals surface area contributed by atoms with Crippen LogP contribution in [0, 0.1) is 17.5 Å². The van der Waals surface area contributed by atoms with E-state index in [4.69, 9.17) is 4.42 Å². The number of carbonyl (C=O) groups excluding carboxylic acids is 2. The number of nitrogens with zero attached hydrogens (tertiary/aromatic N) is 1. The molecule has 9 heteroatoms. The van der Waals surface area contributed by atoms with E-state index in [1.807, 2.05) is 0 Å². The highest BCUT2D eigenvalue weighted by atomic mass is 19.1. The number of carbonyl (C=O) groups is 2. The van der Waals surface area contributed by atoms with Crippen molar-refractivity contribution in [2.75, 3.05) is 10.6 Å². The molecule has 1 aromatic heterocycles. The highest BCUT2D eigenvalue weighted by Gasteiger charge is 2.13. The van der Waals surface area contributed by atoms with Gasteiger partial charge in [0.15, 0.2) is 11.7 Å². The van der Waals surface area contributed by atoms with E-state index in [1.54, 1.807) is 0 Å². The van der Waals surface area contributed by atoms with Crippen LogP contribution in [0.25, 0.3) is 11.3 Å². The molecule has 0 spiro atoms. The Hall–Kier alpha value is -3.62. The minimum absolute atomic E-state index is 0.00129. The second-order valence-electron chi connectivity index (χ2n) is 6.17. The van der Waals surface area contributed by atoms with E-state index >= 15 is 0 Å². The number of anilines is 2. The Morgan fingerprint density at radius 3 is 2.55 bits per heavy atom. The van der Waals surface area contributed by atoms with Gasteiger partial charge in [-0.05, 0) is 30.3 Å². The zero-order valence-electron chi connectivity index (χ0n) is 15.3. The van der Waals surface area contributed by atoms with E-state index in [-0.39, 0.29) is 35.7 Å². The summed E-state index contributed by atoms with van der Waals surface area (Å²) >= 11 is 0. The molecular formula is C20H16F3N3O3. The van der Waals surface area contributed by atoms with Gasteiger partial charge in [-0.3, -0.25) is 9.59 Å². The molecule has 2 amide bonds. The first kappa shape index (κ1) is 20.1. The van der Waals surface area contributed by atoms with Crippen LogP contribution in [0.4, 0.5) is 24.5 Å². The molecule has 0 saturated carbocycles. The molecule has 0 fully saturated rings. The molecule has 0 saturated heterocycles. The first-order valence-electron chi connectivity index (χ1n) is 8.59. The fourth-order valence-corrected chi connectivity index (χ4v) is 2.57. The highest BCUT2D eigenvalue weighted by Crippen LogP contribution is 2.25. The molecule has 0 aliphatic rings. The summed E-state index contributed by atoms with van der Waals surface area (Å²) in [5.74, 6) is -2.61. The number of benzene rings is 2. The van der Waals surface area contributed by atoms with Crippen molar-refractivity contribution in [3.05, 3.63) is 65.9 Å². The van der Waals surface area contributed by atoms with Crippen LogP contribution in [0.15, 0.2) is 47.0 Å². The van der Waals surface area contributed by atoms with E-state index in [0.717, 1.165) is 18.2 Å². The summed E-state index contributed by atoms with van der Waals surface area (Å²) in [4.78, 5) is 27.2. The lowest BCUT2D eigenvalue weighted by molar-refractivity contribution is -0.116. The Balaban J connectivity index is 1.60. The quantitative estimate of drug-likeness (QED) is 0.643. The van der Waals surface area contributed by atoms with Gasteiger partial charge in [-0.15, -0.1) is 0 Å². The summed E-state index contributed by atoms with van der Waals surface area (Å²) in [7, 11) is 0. The maximum Gasteiger partial charge on any atom is 0.224 e. The summed E-state index contributed by atoms with van der Waals surface area (Å²) in [5, 5.41) is 4.91. The number of oxazole rings is 1. The number of rotatable bonds is 6. The van der Waals surface area contributed by atoms with Crippen LogP contribution < -0.4 is 10.6 Å². The minimum atomic E-state index is -0.781. The van der Waals surface area contributed by atoms with E-state index in [0.29, 0.717) is 5.69 Å². The van der Waals surface area contributed by atoms with Crippen molar-refractivity contribution in [2.24, 2.45) is 0 Å². The first-order valence-corrected chi connectivity index (χ1v) is 8.59. The molecular weight excluding hydrogens is 387 g/mol. The third-order valence-corrected chi connectivity index (χ3v) is 3.88. The van der Waals surface area contributed by atoms with Crippen molar-refractivity contribution in [3.63, 3.8) is 0 Å². The Morgan fingerprint density at radius 1 is 1.03 bits per heavy atom. The topological polar surface area (TPSA) is 84.2 Å². The number of amides is 2. The minimum Gasteiger partial charge on any atom is -0.441 e. The van der Waals surface area contributed by atoms with E-state index in [2.05, 4.69) is 15.6 Å². The molecule has 1 heterocycles. The maximum atomic E-state index is 13.8. The molecule has 0 atom stereocenters. The molecule has 2 N–H and O–H groups in total. The largest absolute Gasteiger partial charge is 0.441 e. The third-order valence-electron chi connectivity index (χ3n) is 3.88. The molecule has 0 aliphatic heterocycles. The molecule has 0 unspecified atom stereocenters. The van der Waals surface area contributed by atoms with Crippen molar-refractivity contribution < 1.29 is 27.2 Å². The van der Waals surface area contributed by atoms with Crippen molar-refractivity contribution in [1.82, 2.24) is 4.98 Å². The summed E-state index contributed by atoms with van der Waals surface area (Å²) < 4.78 is 45.8. The second kappa shape index (κ2) is 8.59. The lowest BCUT2D eigenvalue weighted by Crippen LogP contribution is -2.13. The second-order valence-corrected chi connectivity index (χ2v) is 6.17. The van der Waals surface area contributed by atoms with Gasteiger partial charge in [-0.1, -0.05) is 0 Å². The summed E-state index contributed by atoms with van der Waals surface area (Å²) in [6, 6.07) is 6.87. The van der Waals surface area contributed by atoms with Gasteiger partial charge < -0.3 is 15.1 Å². The van der Waals surface area contributed by atoms with Crippen molar-refractivity contribution in [1.29, 1.82) is 0 Å². The van der Waals surface area contributed by atoms with Gasteiger partial charge in [0.2, 0.25) is 11.8 Å². The van der Waals surface area contributed by atoms with Crippen LogP contribution >= 0.6 is 0 Å². The monoisotopic (exact) mass is 403 g/mol. The standard InChI is InChI=1S/C20H16F3N3O3/c1-11(27)25-17-9-13(3-5-15(17)22)26-19(28)6-7-20-24-10-18(29-20)14-4-2-12(21)8-16(14)23/h2-5,8-10H,6-7H2,1H3,(H,25,27)(H,26,28). The Morgan fingerprint density at radius 2 is 1.83 bits per heavy atom. The zero-order valence-corrected chi connectivity index (χ0v) is 15.3. The van der Waals surface area contributed by atoms with E-state index < -0.39 is 29.3 Å². The van der Waals surface area contributed by atoms with E-state index in [9.17, 15) is 22.8 Å². The summed E-state index contributed by atoms with van der Waals surface area (Å²) in [5.41, 5.74) is 0.321. The average Bonchev–Trinajstić information content (AvgIpc) is 3.11. The molecule has 3 aromatic rings. The predicted molar refractivity (Wildman–Crippen MR) is 99.5 cm³/mol. The molecule has 0 radical (unpaired) electrons. The normalized spacial score (nSPS) is 10.6. The van der Waals surface area contributed by atoms with Gasteiger partial charge in [0.25, 0.3) is 0 Å². The third kappa shape index (κ3) is 5.22. The average molecular weight is 403 g/mol. The number of aromatic nitrogens is 1. The summed E-state index contributed by atoms with van der Waals surface area (Å²) in [6.45, 7) is 1.24. The zero-order chi connectivity index (χ0) is 21.0. The summed E-state index contributed by atoms with van der Waals surface area (Å²) in [6.07, 6.45) is 1.43. The molecule has 0 aliphatic carbocycles. The molecule has 0 bridgehead atoms. The van der Waals surface area contributed by atoms with Gasteiger partial charge in [-0.2, -0.15) is 0 Å². The Kier molecular flexibility index (Phi) is 5.96. The van der Waals surface area contributed by atoms with Crippen LogP contribution in [0.1, 0.15) is 19.2 Å². The van der Waals surface area contributed by atoms with Crippen LogP contribution in [-0.4, -0.2) is 16.8 Å².